The third kappa shape index (κ3) is 5.83. The minimum absolute atomic E-state index is 0. The summed E-state index contributed by atoms with van der Waals surface area (Å²) in [5.41, 5.74) is 3.58. The van der Waals surface area contributed by atoms with E-state index < -0.39 is 0 Å². The highest BCUT2D eigenvalue weighted by Gasteiger charge is 2.25. The number of amides is 1. The third-order valence-corrected chi connectivity index (χ3v) is 5.84. The normalized spacial score (nSPS) is 18.2. The molecular formula is C24H31ClN2O3. The number of rotatable bonds is 7. The van der Waals surface area contributed by atoms with Gasteiger partial charge in [0.25, 0.3) is 0 Å². The first-order valence-corrected chi connectivity index (χ1v) is 10.2. The third-order valence-electron chi connectivity index (χ3n) is 5.84. The number of hydrogen-bond acceptors (Lipinski definition) is 4. The first-order valence-electron chi connectivity index (χ1n) is 10.2. The van der Waals surface area contributed by atoms with E-state index in [0.717, 1.165) is 48.1 Å². The van der Waals surface area contributed by atoms with Crippen molar-refractivity contribution in [2.24, 2.45) is 5.92 Å². The van der Waals surface area contributed by atoms with Gasteiger partial charge in [-0.1, -0.05) is 24.3 Å². The van der Waals surface area contributed by atoms with Crippen LogP contribution in [-0.2, 0) is 11.3 Å². The number of halogens is 1. The molecule has 0 aromatic heterocycles. The average Bonchev–Trinajstić information content (AvgIpc) is 2.77. The van der Waals surface area contributed by atoms with Gasteiger partial charge in [0, 0.05) is 29.6 Å². The molecule has 2 N–H and O–H groups in total. The number of nitrogens with one attached hydrogen (secondary N) is 2. The van der Waals surface area contributed by atoms with Crippen LogP contribution in [0.2, 0.25) is 0 Å². The second-order valence-corrected chi connectivity index (χ2v) is 7.72. The van der Waals surface area contributed by atoms with Gasteiger partial charge in [-0.15, -0.1) is 12.4 Å². The Morgan fingerprint density at radius 3 is 2.37 bits per heavy atom. The Labute approximate surface area is 185 Å². The summed E-state index contributed by atoms with van der Waals surface area (Å²) in [5.74, 6) is 0.989. The van der Waals surface area contributed by atoms with Gasteiger partial charge in [0.05, 0.1) is 7.11 Å². The number of methoxy groups -OCH3 is 1. The summed E-state index contributed by atoms with van der Waals surface area (Å²) in [6.45, 7) is 1.99. The van der Waals surface area contributed by atoms with E-state index in [1.807, 2.05) is 49.5 Å². The Balaban J connectivity index is 0.00000320. The average molecular weight is 431 g/mol. The molecule has 0 bridgehead atoms. The van der Waals surface area contributed by atoms with E-state index in [1.54, 1.807) is 14.0 Å². The molecule has 0 spiro atoms. The molecule has 1 fully saturated rings. The van der Waals surface area contributed by atoms with Crippen molar-refractivity contribution in [1.29, 1.82) is 0 Å². The van der Waals surface area contributed by atoms with Gasteiger partial charge in [-0.25, -0.2) is 0 Å². The van der Waals surface area contributed by atoms with Crippen molar-refractivity contribution in [3.8, 4) is 16.9 Å². The fourth-order valence-electron chi connectivity index (χ4n) is 3.98. The van der Waals surface area contributed by atoms with Gasteiger partial charge in [0.15, 0.2) is 5.78 Å². The van der Waals surface area contributed by atoms with Crippen molar-refractivity contribution in [2.45, 2.75) is 45.2 Å². The second kappa shape index (κ2) is 11.1. The van der Waals surface area contributed by atoms with Gasteiger partial charge in [-0.3, -0.25) is 9.59 Å². The largest absolute Gasteiger partial charge is 0.496 e. The number of carbonyl (C=O) groups excluding carboxylic acids is 2. The van der Waals surface area contributed by atoms with Crippen LogP contribution >= 0.6 is 12.4 Å². The minimum Gasteiger partial charge on any atom is -0.496 e. The van der Waals surface area contributed by atoms with E-state index in [-0.39, 0.29) is 30.0 Å². The summed E-state index contributed by atoms with van der Waals surface area (Å²) in [6.07, 6.45) is 3.93. The van der Waals surface area contributed by atoms with E-state index in [1.165, 1.54) is 0 Å². The maximum Gasteiger partial charge on any atom is 0.223 e. The molecule has 0 aliphatic heterocycles. The van der Waals surface area contributed by atoms with Crippen LogP contribution in [0.15, 0.2) is 42.5 Å². The van der Waals surface area contributed by atoms with E-state index in [2.05, 4.69) is 10.6 Å². The van der Waals surface area contributed by atoms with Crippen LogP contribution < -0.4 is 15.4 Å². The number of Topliss-reactive ketones (excluding diaryl/α,β-unsaturated/α-hetero) is 1. The molecule has 0 radical (unpaired) electrons. The lowest BCUT2D eigenvalue weighted by molar-refractivity contribution is -0.126. The molecule has 0 atom stereocenters. The van der Waals surface area contributed by atoms with E-state index in [4.69, 9.17) is 4.74 Å². The van der Waals surface area contributed by atoms with E-state index >= 15 is 0 Å². The maximum absolute atomic E-state index is 12.6. The summed E-state index contributed by atoms with van der Waals surface area (Å²) in [7, 11) is 3.62. The van der Waals surface area contributed by atoms with Crippen molar-refractivity contribution < 1.29 is 14.3 Å². The number of carbonyl (C=O) groups is 2. The summed E-state index contributed by atoms with van der Waals surface area (Å²) >= 11 is 0. The van der Waals surface area contributed by atoms with Crippen LogP contribution in [0.25, 0.3) is 11.1 Å². The molecule has 30 heavy (non-hydrogen) atoms. The zero-order valence-electron chi connectivity index (χ0n) is 17.9. The van der Waals surface area contributed by atoms with Gasteiger partial charge < -0.3 is 15.4 Å². The lowest BCUT2D eigenvalue weighted by Crippen LogP contribution is -2.37. The molecule has 2 aromatic rings. The fraction of sp³-hybridized carbons (Fsp3) is 0.417. The van der Waals surface area contributed by atoms with Gasteiger partial charge in [-0.05, 0) is 69.0 Å². The monoisotopic (exact) mass is 430 g/mol. The standard InChI is InChI=1S/C24H30N2O3.ClH/c1-16(27)18-5-4-6-19(13-18)20-9-12-23(29-3)21(14-20)15-26-24(28)17-7-10-22(25-2)11-8-17;/h4-6,9,12-14,17,22,25H,7-8,10-11,15H2,1-3H3,(H,26,28);1H. The SMILES string of the molecule is CNC1CCC(C(=O)NCc2cc(-c3cccc(C(C)=O)c3)ccc2OC)CC1.Cl. The second-order valence-electron chi connectivity index (χ2n) is 7.72. The summed E-state index contributed by atoms with van der Waals surface area (Å²) in [6, 6.07) is 14.0. The molecule has 2 aromatic carbocycles. The highest BCUT2D eigenvalue weighted by Crippen LogP contribution is 2.28. The molecule has 1 aliphatic carbocycles. The molecule has 0 saturated heterocycles. The highest BCUT2D eigenvalue weighted by atomic mass is 35.5. The van der Waals surface area contributed by atoms with Crippen LogP contribution in [0.1, 0.15) is 48.5 Å². The molecule has 6 heteroatoms. The number of ether oxygens (including phenoxy) is 1. The van der Waals surface area contributed by atoms with Crippen LogP contribution in [0, 0.1) is 5.92 Å². The quantitative estimate of drug-likeness (QED) is 0.639. The van der Waals surface area contributed by atoms with Crippen LogP contribution in [0.3, 0.4) is 0 Å². The molecule has 1 aliphatic rings. The number of ketones is 1. The minimum atomic E-state index is 0. The van der Waals surface area contributed by atoms with Crippen molar-refractivity contribution in [1.82, 2.24) is 10.6 Å². The van der Waals surface area contributed by atoms with Gasteiger partial charge in [-0.2, -0.15) is 0 Å². The van der Waals surface area contributed by atoms with Gasteiger partial charge in [0.2, 0.25) is 5.91 Å². The Kier molecular flexibility index (Phi) is 8.88. The van der Waals surface area contributed by atoms with Crippen LogP contribution in [0.5, 0.6) is 5.75 Å². The Morgan fingerprint density at radius 1 is 1.03 bits per heavy atom. The smallest absolute Gasteiger partial charge is 0.223 e. The van der Waals surface area contributed by atoms with Gasteiger partial charge >= 0.3 is 0 Å². The van der Waals surface area contributed by atoms with Gasteiger partial charge in [0.1, 0.15) is 5.75 Å². The molecule has 0 unspecified atom stereocenters. The predicted molar refractivity (Wildman–Crippen MR) is 122 cm³/mol. The molecule has 0 heterocycles. The lowest BCUT2D eigenvalue weighted by atomic mass is 9.85. The van der Waals surface area contributed by atoms with Crippen molar-refractivity contribution in [3.63, 3.8) is 0 Å². The number of hydrogen-bond donors (Lipinski definition) is 2. The van der Waals surface area contributed by atoms with Crippen LogP contribution in [-0.4, -0.2) is 31.9 Å². The Morgan fingerprint density at radius 2 is 1.73 bits per heavy atom. The zero-order valence-corrected chi connectivity index (χ0v) is 18.7. The first kappa shape index (κ1) is 23.9. The fourth-order valence-corrected chi connectivity index (χ4v) is 3.98. The van der Waals surface area contributed by atoms with Crippen molar-refractivity contribution in [3.05, 3.63) is 53.6 Å². The topological polar surface area (TPSA) is 67.4 Å². The summed E-state index contributed by atoms with van der Waals surface area (Å²) in [4.78, 5) is 24.3. The Hall–Kier alpha value is -2.37. The van der Waals surface area contributed by atoms with E-state index in [0.29, 0.717) is 18.2 Å². The summed E-state index contributed by atoms with van der Waals surface area (Å²) < 4.78 is 5.49. The molecule has 162 valence electrons. The van der Waals surface area contributed by atoms with Crippen molar-refractivity contribution in [2.75, 3.05) is 14.2 Å². The molecule has 1 amide bonds. The van der Waals surface area contributed by atoms with E-state index in [9.17, 15) is 9.59 Å². The molecule has 5 nitrogen and oxygen atoms in total. The summed E-state index contributed by atoms with van der Waals surface area (Å²) in [5, 5.41) is 6.39. The molecule has 1 saturated carbocycles. The number of benzene rings is 2. The molecular weight excluding hydrogens is 400 g/mol. The van der Waals surface area contributed by atoms with Crippen LogP contribution in [0.4, 0.5) is 0 Å². The Bertz CT molecular complexity index is 877. The zero-order chi connectivity index (χ0) is 20.8. The van der Waals surface area contributed by atoms with Crippen molar-refractivity contribution >= 4 is 24.1 Å². The lowest BCUT2D eigenvalue weighted by Gasteiger charge is -2.27. The predicted octanol–water partition coefficient (Wildman–Crippen LogP) is 4.38. The molecule has 3 rings (SSSR count). The maximum atomic E-state index is 12.6. The highest BCUT2D eigenvalue weighted by molar-refractivity contribution is 5.95. The first-order chi connectivity index (χ1) is 14.0.